The summed E-state index contributed by atoms with van der Waals surface area (Å²) in [7, 11) is -2.72. The number of nitrogens with zero attached hydrogens (tertiary/aromatic N) is 1. The van der Waals surface area contributed by atoms with Crippen molar-refractivity contribution in [2.75, 3.05) is 11.8 Å². The van der Waals surface area contributed by atoms with Crippen LogP contribution >= 0.6 is 0 Å². The number of sulfonamides is 1. The number of amides is 3. The van der Waals surface area contributed by atoms with Crippen molar-refractivity contribution in [3.8, 4) is 5.75 Å². The largest absolute Gasteiger partial charge is 0.495 e. The van der Waals surface area contributed by atoms with Crippen molar-refractivity contribution in [2.45, 2.75) is 12.2 Å². The van der Waals surface area contributed by atoms with Crippen LogP contribution in [-0.4, -0.2) is 38.4 Å². The maximum atomic E-state index is 12.3. The zero-order chi connectivity index (χ0) is 15.6. The molecule has 9 heteroatoms. The number of benzene rings is 1. The maximum Gasteiger partial charge on any atom is 0.347 e. The van der Waals surface area contributed by atoms with Crippen molar-refractivity contribution in [1.82, 2.24) is 5.32 Å². The number of nitrogens with one attached hydrogen (secondary N) is 2. The molecule has 1 unspecified atom stereocenters. The Balaban J connectivity index is 2.37. The highest BCUT2D eigenvalue weighted by Crippen LogP contribution is 2.25. The van der Waals surface area contributed by atoms with Gasteiger partial charge in [0.25, 0.3) is 5.91 Å². The van der Waals surface area contributed by atoms with Crippen molar-refractivity contribution in [3.63, 3.8) is 0 Å². The summed E-state index contributed by atoms with van der Waals surface area (Å²) in [6, 6.07) is 5.49. The third-order valence-corrected chi connectivity index (χ3v) is 4.48. The SMILES string of the molecule is COc1ccccc1NS(=O)(=O)C1C(=O)NC(=O)N=C1C. The summed E-state index contributed by atoms with van der Waals surface area (Å²) in [4.78, 5) is 26.3. The Morgan fingerprint density at radius 1 is 1.29 bits per heavy atom. The van der Waals surface area contributed by atoms with Gasteiger partial charge in [0.15, 0.2) is 5.25 Å². The third kappa shape index (κ3) is 3.02. The highest BCUT2D eigenvalue weighted by molar-refractivity contribution is 7.94. The minimum Gasteiger partial charge on any atom is -0.495 e. The van der Waals surface area contributed by atoms with Gasteiger partial charge in [0.05, 0.1) is 18.5 Å². The first kappa shape index (κ1) is 15.0. The smallest absolute Gasteiger partial charge is 0.347 e. The lowest BCUT2D eigenvalue weighted by Gasteiger charge is -2.21. The Morgan fingerprint density at radius 3 is 2.57 bits per heavy atom. The second kappa shape index (κ2) is 5.52. The van der Waals surface area contributed by atoms with Crippen LogP contribution in [0.2, 0.25) is 0 Å². The molecule has 2 rings (SSSR count). The average Bonchev–Trinajstić information content (AvgIpc) is 2.37. The third-order valence-electron chi connectivity index (χ3n) is 2.80. The molecule has 1 aliphatic heterocycles. The van der Waals surface area contributed by atoms with Crippen molar-refractivity contribution >= 4 is 33.4 Å². The molecule has 0 aliphatic carbocycles. The Hall–Kier alpha value is -2.42. The fourth-order valence-electron chi connectivity index (χ4n) is 1.91. The molecule has 1 heterocycles. The summed E-state index contributed by atoms with van der Waals surface area (Å²) in [6.07, 6.45) is 0. The number of urea groups is 1. The molecule has 1 aliphatic rings. The Labute approximate surface area is 121 Å². The molecule has 0 saturated carbocycles. The van der Waals surface area contributed by atoms with Crippen molar-refractivity contribution in [1.29, 1.82) is 0 Å². The molecule has 0 radical (unpaired) electrons. The molecule has 2 N–H and O–H groups in total. The van der Waals surface area contributed by atoms with Crippen LogP contribution < -0.4 is 14.8 Å². The summed E-state index contributed by atoms with van der Waals surface area (Å²) >= 11 is 0. The second-order valence-electron chi connectivity index (χ2n) is 4.27. The van der Waals surface area contributed by atoms with E-state index in [0.29, 0.717) is 5.75 Å². The number of methoxy groups -OCH3 is 1. The quantitative estimate of drug-likeness (QED) is 0.841. The molecule has 0 spiro atoms. The van der Waals surface area contributed by atoms with E-state index in [2.05, 4.69) is 9.71 Å². The molecule has 8 nitrogen and oxygen atoms in total. The second-order valence-corrected chi connectivity index (χ2v) is 6.04. The fraction of sp³-hybridized carbons (Fsp3) is 0.250. The molecule has 0 aromatic heterocycles. The van der Waals surface area contributed by atoms with Gasteiger partial charge in [0.2, 0.25) is 10.0 Å². The molecule has 21 heavy (non-hydrogen) atoms. The van der Waals surface area contributed by atoms with E-state index in [1.165, 1.54) is 20.1 Å². The summed E-state index contributed by atoms with van der Waals surface area (Å²) in [6.45, 7) is 1.31. The molecular weight excluding hydrogens is 298 g/mol. The minimum absolute atomic E-state index is 0.0915. The molecule has 3 amide bonds. The van der Waals surface area contributed by atoms with Crippen LogP contribution in [0.5, 0.6) is 5.75 Å². The monoisotopic (exact) mass is 311 g/mol. The summed E-state index contributed by atoms with van der Waals surface area (Å²) in [5.74, 6) is -0.627. The summed E-state index contributed by atoms with van der Waals surface area (Å²) < 4.78 is 32.0. The van der Waals surface area contributed by atoms with Gasteiger partial charge in [-0.05, 0) is 19.1 Å². The maximum absolute atomic E-state index is 12.3. The van der Waals surface area contributed by atoms with Crippen molar-refractivity contribution in [3.05, 3.63) is 24.3 Å². The van der Waals surface area contributed by atoms with E-state index in [1.54, 1.807) is 18.2 Å². The highest BCUT2D eigenvalue weighted by Gasteiger charge is 2.39. The highest BCUT2D eigenvalue weighted by atomic mass is 32.2. The Kier molecular flexibility index (Phi) is 3.94. The van der Waals surface area contributed by atoms with E-state index < -0.39 is 27.2 Å². The van der Waals surface area contributed by atoms with Gasteiger partial charge in [-0.15, -0.1) is 0 Å². The van der Waals surface area contributed by atoms with Gasteiger partial charge in [-0.25, -0.2) is 18.2 Å². The van der Waals surface area contributed by atoms with Crippen LogP contribution in [0.25, 0.3) is 0 Å². The molecular formula is C12H13N3O5S. The van der Waals surface area contributed by atoms with E-state index >= 15 is 0 Å². The van der Waals surface area contributed by atoms with Crippen molar-refractivity contribution in [2.24, 2.45) is 4.99 Å². The first-order valence-electron chi connectivity index (χ1n) is 5.90. The van der Waals surface area contributed by atoms with E-state index in [-0.39, 0.29) is 11.4 Å². The molecule has 0 fully saturated rings. The fourth-order valence-corrected chi connectivity index (χ4v) is 3.35. The Bertz CT molecular complexity index is 726. The average molecular weight is 311 g/mol. The minimum atomic E-state index is -4.12. The number of aliphatic imine (C=N–C) groups is 1. The lowest BCUT2D eigenvalue weighted by atomic mass is 10.2. The summed E-state index contributed by atoms with van der Waals surface area (Å²) in [5.41, 5.74) is 0.101. The number of ether oxygens (including phenoxy) is 1. The lowest BCUT2D eigenvalue weighted by molar-refractivity contribution is -0.118. The van der Waals surface area contributed by atoms with E-state index in [0.717, 1.165) is 0 Å². The van der Waals surface area contributed by atoms with Gasteiger partial charge in [-0.1, -0.05) is 12.1 Å². The van der Waals surface area contributed by atoms with Gasteiger partial charge in [-0.3, -0.25) is 14.8 Å². The van der Waals surface area contributed by atoms with Crippen LogP contribution in [0.3, 0.4) is 0 Å². The zero-order valence-corrected chi connectivity index (χ0v) is 12.1. The normalized spacial score (nSPS) is 18.8. The van der Waals surface area contributed by atoms with Gasteiger partial charge in [-0.2, -0.15) is 0 Å². The summed E-state index contributed by atoms with van der Waals surface area (Å²) in [5, 5.41) is 0.295. The zero-order valence-electron chi connectivity index (χ0n) is 11.3. The first-order valence-corrected chi connectivity index (χ1v) is 7.44. The number of carbonyl (C=O) groups is 2. The number of para-hydroxylation sites is 2. The molecule has 1 aromatic rings. The van der Waals surface area contributed by atoms with Gasteiger partial charge >= 0.3 is 6.03 Å². The van der Waals surface area contributed by atoms with E-state index in [4.69, 9.17) is 4.74 Å². The molecule has 1 atom stereocenters. The standard InChI is InChI=1S/C12H13N3O5S/c1-7-10(11(16)14-12(17)13-7)21(18,19)15-8-5-3-4-6-9(8)20-2/h3-6,10,15H,1-2H3,(H,14,16,17). The number of anilines is 1. The van der Waals surface area contributed by atoms with Gasteiger partial charge in [0.1, 0.15) is 5.75 Å². The molecule has 0 bridgehead atoms. The van der Waals surface area contributed by atoms with Gasteiger partial charge < -0.3 is 4.74 Å². The van der Waals surface area contributed by atoms with Crippen LogP contribution in [0, 0.1) is 0 Å². The Morgan fingerprint density at radius 2 is 1.95 bits per heavy atom. The van der Waals surface area contributed by atoms with Gasteiger partial charge in [0, 0.05) is 0 Å². The molecule has 1 aromatic carbocycles. The van der Waals surface area contributed by atoms with Crippen molar-refractivity contribution < 1.29 is 22.7 Å². The number of carbonyl (C=O) groups excluding carboxylic acids is 2. The predicted molar refractivity (Wildman–Crippen MR) is 76.0 cm³/mol. The number of hydrogen-bond donors (Lipinski definition) is 2. The molecule has 0 saturated heterocycles. The topological polar surface area (TPSA) is 114 Å². The van der Waals surface area contributed by atoms with Crippen LogP contribution in [0.1, 0.15) is 6.92 Å². The lowest BCUT2D eigenvalue weighted by Crippen LogP contribution is -2.51. The van der Waals surface area contributed by atoms with E-state index in [1.807, 2.05) is 5.32 Å². The predicted octanol–water partition coefficient (Wildman–Crippen LogP) is 0.516. The number of rotatable bonds is 4. The van der Waals surface area contributed by atoms with Crippen LogP contribution in [0.15, 0.2) is 29.3 Å². The number of imide groups is 1. The molecule has 112 valence electrons. The first-order chi connectivity index (χ1) is 9.85. The van der Waals surface area contributed by atoms with Crippen LogP contribution in [-0.2, 0) is 14.8 Å². The van der Waals surface area contributed by atoms with E-state index in [9.17, 15) is 18.0 Å². The number of hydrogen-bond acceptors (Lipinski definition) is 5. The van der Waals surface area contributed by atoms with Crippen LogP contribution in [0.4, 0.5) is 10.5 Å².